The first kappa shape index (κ1) is 19.5. The van der Waals surface area contributed by atoms with Gasteiger partial charge < -0.3 is 10.1 Å². The normalized spacial score (nSPS) is 18.2. The van der Waals surface area contributed by atoms with Crippen LogP contribution in [0, 0.1) is 0 Å². The summed E-state index contributed by atoms with van der Waals surface area (Å²) in [5.74, 6) is -0.341. The van der Waals surface area contributed by atoms with E-state index in [4.69, 9.17) is 4.74 Å². The van der Waals surface area contributed by atoms with Gasteiger partial charge in [0.1, 0.15) is 0 Å². The number of rotatable bonds is 5. The van der Waals surface area contributed by atoms with Crippen molar-refractivity contribution in [1.29, 1.82) is 0 Å². The Balaban J connectivity index is 1.78. The number of carbonyl (C=O) groups is 1. The molecule has 0 bridgehead atoms. The molecule has 1 saturated heterocycles. The number of benzene rings is 2. The van der Waals surface area contributed by atoms with E-state index in [1.807, 2.05) is 31.2 Å². The zero-order valence-corrected chi connectivity index (χ0v) is 16.3. The van der Waals surface area contributed by atoms with E-state index in [1.165, 1.54) is 22.0 Å². The van der Waals surface area contributed by atoms with Crippen LogP contribution >= 0.6 is 0 Å². The van der Waals surface area contributed by atoms with Crippen LogP contribution in [0.25, 0.3) is 0 Å². The molecule has 6 nitrogen and oxygen atoms in total. The first-order chi connectivity index (χ1) is 12.9. The van der Waals surface area contributed by atoms with Crippen LogP contribution in [0.2, 0.25) is 0 Å². The van der Waals surface area contributed by atoms with E-state index in [2.05, 4.69) is 12.2 Å². The van der Waals surface area contributed by atoms with Crippen LogP contribution in [-0.4, -0.2) is 44.4 Å². The molecule has 2 aromatic rings. The zero-order chi connectivity index (χ0) is 19.4. The summed E-state index contributed by atoms with van der Waals surface area (Å²) in [6.45, 7) is 4.90. The second kappa shape index (κ2) is 8.21. The van der Waals surface area contributed by atoms with Crippen LogP contribution in [0.4, 0.5) is 5.69 Å². The average Bonchev–Trinajstić information content (AvgIpc) is 2.68. The molecule has 0 radical (unpaired) electrons. The fraction of sp³-hybridized carbons (Fsp3) is 0.350. The third-order valence-electron chi connectivity index (χ3n) is 4.56. The molecule has 2 aromatic carbocycles. The summed E-state index contributed by atoms with van der Waals surface area (Å²) < 4.78 is 32.6. The maximum Gasteiger partial charge on any atom is 0.255 e. The summed E-state index contributed by atoms with van der Waals surface area (Å²) in [5, 5.41) is 2.81. The Morgan fingerprint density at radius 3 is 2.63 bits per heavy atom. The Hall–Kier alpha value is -2.22. The third-order valence-corrected chi connectivity index (χ3v) is 6.42. The van der Waals surface area contributed by atoms with Gasteiger partial charge in [0.15, 0.2) is 0 Å². The molecule has 7 heteroatoms. The Morgan fingerprint density at radius 1 is 1.22 bits per heavy atom. The molecule has 0 saturated carbocycles. The zero-order valence-electron chi connectivity index (χ0n) is 15.5. The maximum atomic E-state index is 12.9. The quantitative estimate of drug-likeness (QED) is 0.855. The standard InChI is InChI=1S/C20H24N2O4S/c1-3-16-7-9-18(10-8-16)21-20(23)17-5-4-6-19(13-17)27(24,25)22-11-12-26-15(2)14-22/h4-10,13,15H,3,11-12,14H2,1-2H3,(H,21,23). The minimum Gasteiger partial charge on any atom is -0.376 e. The molecule has 1 amide bonds. The number of hydrogen-bond acceptors (Lipinski definition) is 4. The number of aryl methyl sites for hydroxylation is 1. The smallest absolute Gasteiger partial charge is 0.255 e. The highest BCUT2D eigenvalue weighted by Gasteiger charge is 2.29. The summed E-state index contributed by atoms with van der Waals surface area (Å²) in [7, 11) is -3.66. The second-order valence-electron chi connectivity index (χ2n) is 6.58. The van der Waals surface area contributed by atoms with Crippen LogP contribution in [-0.2, 0) is 21.2 Å². The molecule has 1 atom stereocenters. The van der Waals surface area contributed by atoms with Gasteiger partial charge in [-0.3, -0.25) is 4.79 Å². The van der Waals surface area contributed by atoms with Crippen molar-refractivity contribution in [2.24, 2.45) is 0 Å². The summed E-state index contributed by atoms with van der Waals surface area (Å²) in [4.78, 5) is 12.7. The minimum atomic E-state index is -3.66. The number of nitrogens with zero attached hydrogens (tertiary/aromatic N) is 1. The van der Waals surface area contributed by atoms with Crippen LogP contribution < -0.4 is 5.32 Å². The first-order valence-corrected chi connectivity index (χ1v) is 10.5. The molecule has 1 aliphatic heterocycles. The number of anilines is 1. The fourth-order valence-electron chi connectivity index (χ4n) is 2.98. The van der Waals surface area contributed by atoms with Gasteiger partial charge in [0, 0.05) is 24.3 Å². The van der Waals surface area contributed by atoms with Gasteiger partial charge in [0.25, 0.3) is 5.91 Å². The van der Waals surface area contributed by atoms with Gasteiger partial charge in [-0.15, -0.1) is 0 Å². The molecule has 1 unspecified atom stereocenters. The number of morpholine rings is 1. The minimum absolute atomic E-state index is 0.116. The van der Waals surface area contributed by atoms with Gasteiger partial charge in [0.2, 0.25) is 10.0 Å². The molecule has 0 aromatic heterocycles. The highest BCUT2D eigenvalue weighted by atomic mass is 32.2. The molecule has 1 heterocycles. The predicted octanol–water partition coefficient (Wildman–Crippen LogP) is 2.91. The molecule has 144 valence electrons. The van der Waals surface area contributed by atoms with Crippen molar-refractivity contribution in [2.75, 3.05) is 25.0 Å². The van der Waals surface area contributed by atoms with Crippen molar-refractivity contribution in [2.45, 2.75) is 31.3 Å². The van der Waals surface area contributed by atoms with Crippen molar-refractivity contribution < 1.29 is 17.9 Å². The van der Waals surface area contributed by atoms with Gasteiger partial charge in [0.05, 0.1) is 17.6 Å². The SMILES string of the molecule is CCc1ccc(NC(=O)c2cccc(S(=O)(=O)N3CCOC(C)C3)c2)cc1. The Kier molecular flexibility index (Phi) is 5.94. The topological polar surface area (TPSA) is 75.7 Å². The van der Waals surface area contributed by atoms with Gasteiger partial charge in [-0.1, -0.05) is 25.1 Å². The molecule has 27 heavy (non-hydrogen) atoms. The largest absolute Gasteiger partial charge is 0.376 e. The summed E-state index contributed by atoms with van der Waals surface area (Å²) in [6, 6.07) is 13.7. The summed E-state index contributed by atoms with van der Waals surface area (Å²) in [6.07, 6.45) is 0.778. The van der Waals surface area contributed by atoms with Gasteiger partial charge in [-0.2, -0.15) is 4.31 Å². The Labute approximate surface area is 160 Å². The van der Waals surface area contributed by atoms with Gasteiger partial charge in [-0.05, 0) is 49.2 Å². The lowest BCUT2D eigenvalue weighted by Crippen LogP contribution is -2.44. The number of sulfonamides is 1. The molecule has 1 fully saturated rings. The number of carbonyl (C=O) groups excluding carboxylic acids is 1. The van der Waals surface area contributed by atoms with Crippen molar-refractivity contribution in [3.63, 3.8) is 0 Å². The number of ether oxygens (including phenoxy) is 1. The number of amides is 1. The van der Waals surface area contributed by atoms with E-state index < -0.39 is 10.0 Å². The lowest BCUT2D eigenvalue weighted by molar-refractivity contribution is 0.0102. The van der Waals surface area contributed by atoms with Crippen LogP contribution in [0.15, 0.2) is 53.4 Å². The molecule has 0 aliphatic carbocycles. The second-order valence-corrected chi connectivity index (χ2v) is 8.51. The highest BCUT2D eigenvalue weighted by Crippen LogP contribution is 2.20. The molecule has 0 spiro atoms. The lowest BCUT2D eigenvalue weighted by atomic mass is 10.1. The fourth-order valence-corrected chi connectivity index (χ4v) is 4.52. The van der Waals surface area contributed by atoms with E-state index >= 15 is 0 Å². The van der Waals surface area contributed by atoms with Gasteiger partial charge >= 0.3 is 0 Å². The Morgan fingerprint density at radius 2 is 1.96 bits per heavy atom. The molecule has 1 aliphatic rings. The van der Waals surface area contributed by atoms with E-state index in [0.29, 0.717) is 30.9 Å². The van der Waals surface area contributed by atoms with E-state index in [0.717, 1.165) is 6.42 Å². The number of nitrogens with one attached hydrogen (secondary N) is 1. The monoisotopic (exact) mass is 388 g/mol. The molecular formula is C20H24N2O4S. The van der Waals surface area contributed by atoms with Crippen LogP contribution in [0.3, 0.4) is 0 Å². The molecule has 3 rings (SSSR count). The maximum absolute atomic E-state index is 12.9. The third kappa shape index (κ3) is 4.55. The van der Waals surface area contributed by atoms with E-state index in [-0.39, 0.29) is 16.9 Å². The van der Waals surface area contributed by atoms with E-state index in [9.17, 15) is 13.2 Å². The number of hydrogen-bond donors (Lipinski definition) is 1. The summed E-state index contributed by atoms with van der Waals surface area (Å²) >= 11 is 0. The first-order valence-electron chi connectivity index (χ1n) is 9.02. The molecular weight excluding hydrogens is 364 g/mol. The predicted molar refractivity (Wildman–Crippen MR) is 104 cm³/mol. The lowest BCUT2D eigenvalue weighted by Gasteiger charge is -2.30. The Bertz CT molecular complexity index is 910. The van der Waals surface area contributed by atoms with Crippen LogP contribution in [0.1, 0.15) is 29.8 Å². The van der Waals surface area contributed by atoms with Gasteiger partial charge in [-0.25, -0.2) is 8.42 Å². The molecule has 1 N–H and O–H groups in total. The average molecular weight is 388 g/mol. The van der Waals surface area contributed by atoms with Crippen molar-refractivity contribution in [1.82, 2.24) is 4.31 Å². The van der Waals surface area contributed by atoms with Crippen molar-refractivity contribution >= 4 is 21.6 Å². The van der Waals surface area contributed by atoms with E-state index in [1.54, 1.807) is 12.1 Å². The van der Waals surface area contributed by atoms with Crippen molar-refractivity contribution in [3.05, 3.63) is 59.7 Å². The highest BCUT2D eigenvalue weighted by molar-refractivity contribution is 7.89. The summed E-state index contributed by atoms with van der Waals surface area (Å²) in [5.41, 5.74) is 2.16. The van der Waals surface area contributed by atoms with Crippen LogP contribution in [0.5, 0.6) is 0 Å². The van der Waals surface area contributed by atoms with Crippen molar-refractivity contribution in [3.8, 4) is 0 Å².